The molecule has 7 nitrogen and oxygen atoms in total. The van der Waals surface area contributed by atoms with Gasteiger partial charge in [0.1, 0.15) is 19.3 Å². The number of rotatable bonds is 3. The van der Waals surface area contributed by atoms with E-state index in [0.29, 0.717) is 32.7 Å². The highest BCUT2D eigenvalue weighted by Crippen LogP contribution is 2.32. The second kappa shape index (κ2) is 5.58. The molecule has 0 saturated heterocycles. The molecule has 4 rings (SSSR count). The van der Waals surface area contributed by atoms with Gasteiger partial charge in [-0.15, -0.1) is 0 Å². The monoisotopic (exact) mass is 315 g/mol. The topological polar surface area (TPSA) is 87.7 Å². The van der Waals surface area contributed by atoms with E-state index >= 15 is 0 Å². The first kappa shape index (κ1) is 14.1. The van der Waals surface area contributed by atoms with Crippen molar-refractivity contribution in [2.24, 2.45) is 0 Å². The van der Waals surface area contributed by atoms with Gasteiger partial charge in [-0.1, -0.05) is 6.07 Å². The minimum Gasteiger partial charge on any atom is -0.486 e. The second-order valence-corrected chi connectivity index (χ2v) is 5.77. The molecule has 0 aliphatic carbocycles. The maximum atomic E-state index is 11.6. The largest absolute Gasteiger partial charge is 0.486 e. The average molecular weight is 315 g/mol. The molecule has 2 aliphatic rings. The first-order valence-electron chi connectivity index (χ1n) is 7.57. The standard InChI is InChI=1S/C16H17N3O4/c20-16(21)13-6-11-12(18-9-17-11)8-19(13)7-10-1-2-14-15(5-10)23-4-3-22-14/h1-2,5,9,13H,3-4,6-8H2,(H,17,18)(H,20,21)/t13-/m1/s1. The fourth-order valence-electron chi connectivity index (χ4n) is 3.12. The number of aromatic nitrogens is 2. The third-order valence-electron chi connectivity index (χ3n) is 4.27. The van der Waals surface area contributed by atoms with Crippen LogP contribution in [-0.2, 0) is 24.3 Å². The molecule has 0 radical (unpaired) electrons. The van der Waals surface area contributed by atoms with Crippen LogP contribution in [0.1, 0.15) is 17.0 Å². The van der Waals surface area contributed by atoms with Gasteiger partial charge in [0.05, 0.1) is 17.7 Å². The lowest BCUT2D eigenvalue weighted by atomic mass is 10.0. The van der Waals surface area contributed by atoms with Gasteiger partial charge in [0.25, 0.3) is 0 Å². The van der Waals surface area contributed by atoms with Gasteiger partial charge in [-0.2, -0.15) is 0 Å². The molecule has 2 N–H and O–H groups in total. The van der Waals surface area contributed by atoms with Crippen molar-refractivity contribution in [1.29, 1.82) is 0 Å². The van der Waals surface area contributed by atoms with Crippen LogP contribution >= 0.6 is 0 Å². The van der Waals surface area contributed by atoms with Crippen molar-refractivity contribution in [3.05, 3.63) is 41.5 Å². The lowest BCUT2D eigenvalue weighted by molar-refractivity contribution is -0.144. The highest BCUT2D eigenvalue weighted by Gasteiger charge is 2.33. The van der Waals surface area contributed by atoms with E-state index in [1.807, 2.05) is 23.1 Å². The summed E-state index contributed by atoms with van der Waals surface area (Å²) in [4.78, 5) is 20.8. The predicted octanol–water partition coefficient (Wildman–Crippen LogP) is 1.19. The van der Waals surface area contributed by atoms with Gasteiger partial charge in [-0.25, -0.2) is 4.98 Å². The molecular formula is C16H17N3O4. The van der Waals surface area contributed by atoms with Gasteiger partial charge in [0, 0.05) is 19.5 Å². The lowest BCUT2D eigenvalue weighted by Gasteiger charge is -2.32. The number of carboxylic acid groups (broad SMARTS) is 1. The smallest absolute Gasteiger partial charge is 0.321 e. The van der Waals surface area contributed by atoms with E-state index in [0.717, 1.165) is 28.5 Å². The number of fused-ring (bicyclic) bond motifs is 2. The van der Waals surface area contributed by atoms with Gasteiger partial charge >= 0.3 is 5.97 Å². The van der Waals surface area contributed by atoms with Crippen LogP contribution in [0.4, 0.5) is 0 Å². The fraction of sp³-hybridized carbons (Fsp3) is 0.375. The van der Waals surface area contributed by atoms with Crippen LogP contribution in [-0.4, -0.2) is 45.2 Å². The summed E-state index contributed by atoms with van der Waals surface area (Å²) in [5.74, 6) is 0.639. The van der Waals surface area contributed by atoms with Crippen LogP contribution < -0.4 is 9.47 Å². The molecular weight excluding hydrogens is 298 g/mol. The molecule has 2 aliphatic heterocycles. The minimum atomic E-state index is -0.823. The molecule has 2 aromatic rings. The van der Waals surface area contributed by atoms with E-state index in [9.17, 15) is 9.90 Å². The summed E-state index contributed by atoms with van der Waals surface area (Å²) in [5, 5.41) is 9.52. The molecule has 1 aromatic heterocycles. The Balaban J connectivity index is 1.58. The van der Waals surface area contributed by atoms with Gasteiger partial charge < -0.3 is 19.6 Å². The molecule has 0 spiro atoms. The van der Waals surface area contributed by atoms with E-state index < -0.39 is 12.0 Å². The van der Waals surface area contributed by atoms with E-state index in [2.05, 4.69) is 9.97 Å². The third kappa shape index (κ3) is 2.63. The molecule has 3 heterocycles. The highest BCUT2D eigenvalue weighted by atomic mass is 16.6. The molecule has 1 aromatic carbocycles. The summed E-state index contributed by atoms with van der Waals surface area (Å²) in [6.45, 7) is 2.17. The Bertz CT molecular complexity index is 743. The summed E-state index contributed by atoms with van der Waals surface area (Å²) < 4.78 is 11.1. The minimum absolute atomic E-state index is 0.415. The van der Waals surface area contributed by atoms with Crippen molar-refractivity contribution in [2.45, 2.75) is 25.6 Å². The molecule has 23 heavy (non-hydrogen) atoms. The SMILES string of the molecule is O=C(O)[C@H]1Cc2nc[nH]c2CN1Cc1ccc2c(c1)OCCO2. The number of nitrogens with zero attached hydrogens (tertiary/aromatic N) is 2. The van der Waals surface area contributed by atoms with Gasteiger partial charge in [-0.3, -0.25) is 9.69 Å². The zero-order valence-corrected chi connectivity index (χ0v) is 12.5. The Hall–Kier alpha value is -2.54. The van der Waals surface area contributed by atoms with E-state index in [1.165, 1.54) is 0 Å². The highest BCUT2D eigenvalue weighted by molar-refractivity contribution is 5.74. The van der Waals surface area contributed by atoms with E-state index in [-0.39, 0.29) is 0 Å². The maximum Gasteiger partial charge on any atom is 0.321 e. The first-order chi connectivity index (χ1) is 11.2. The molecule has 7 heteroatoms. The number of imidazole rings is 1. The number of benzene rings is 1. The Morgan fingerprint density at radius 1 is 1.35 bits per heavy atom. The number of carbonyl (C=O) groups is 1. The number of nitrogens with one attached hydrogen (secondary N) is 1. The van der Waals surface area contributed by atoms with Crippen LogP contribution in [0, 0.1) is 0 Å². The number of hydrogen-bond acceptors (Lipinski definition) is 5. The van der Waals surface area contributed by atoms with Crippen molar-refractivity contribution < 1.29 is 19.4 Å². The van der Waals surface area contributed by atoms with E-state index in [4.69, 9.17) is 9.47 Å². The molecule has 0 bridgehead atoms. The molecule has 1 atom stereocenters. The molecule has 120 valence electrons. The molecule has 0 fully saturated rings. The average Bonchev–Trinajstić information content (AvgIpc) is 3.01. The van der Waals surface area contributed by atoms with Crippen molar-refractivity contribution in [2.75, 3.05) is 13.2 Å². The number of aromatic amines is 1. The zero-order chi connectivity index (χ0) is 15.8. The normalized spacial score (nSPS) is 20.1. The number of H-pyrrole nitrogens is 1. The van der Waals surface area contributed by atoms with Gasteiger partial charge in [-0.05, 0) is 17.7 Å². The third-order valence-corrected chi connectivity index (χ3v) is 4.27. The predicted molar refractivity (Wildman–Crippen MR) is 80.4 cm³/mol. The van der Waals surface area contributed by atoms with Gasteiger partial charge in [0.2, 0.25) is 0 Å². The van der Waals surface area contributed by atoms with E-state index in [1.54, 1.807) is 6.33 Å². The Kier molecular flexibility index (Phi) is 3.42. The quantitative estimate of drug-likeness (QED) is 0.885. The number of carboxylic acids is 1. The summed E-state index contributed by atoms with van der Waals surface area (Å²) >= 11 is 0. The van der Waals surface area contributed by atoms with Crippen LogP contribution in [0.15, 0.2) is 24.5 Å². The zero-order valence-electron chi connectivity index (χ0n) is 12.5. The van der Waals surface area contributed by atoms with Crippen LogP contribution in [0.3, 0.4) is 0 Å². The summed E-state index contributed by atoms with van der Waals surface area (Å²) in [5.41, 5.74) is 2.83. The summed E-state index contributed by atoms with van der Waals surface area (Å²) in [7, 11) is 0. The van der Waals surface area contributed by atoms with Crippen LogP contribution in [0.5, 0.6) is 11.5 Å². The molecule has 0 unspecified atom stereocenters. The molecule has 0 amide bonds. The van der Waals surface area contributed by atoms with Crippen LogP contribution in [0.2, 0.25) is 0 Å². The summed E-state index contributed by atoms with van der Waals surface area (Å²) in [6.07, 6.45) is 2.04. The van der Waals surface area contributed by atoms with Crippen molar-refractivity contribution in [3.63, 3.8) is 0 Å². The van der Waals surface area contributed by atoms with Crippen LogP contribution in [0.25, 0.3) is 0 Å². The maximum absolute atomic E-state index is 11.6. The second-order valence-electron chi connectivity index (χ2n) is 5.77. The number of hydrogen-bond donors (Lipinski definition) is 2. The number of aliphatic carboxylic acids is 1. The van der Waals surface area contributed by atoms with Crippen molar-refractivity contribution in [1.82, 2.24) is 14.9 Å². The summed E-state index contributed by atoms with van der Waals surface area (Å²) in [6, 6.07) is 5.19. The van der Waals surface area contributed by atoms with Crippen molar-refractivity contribution >= 4 is 5.97 Å². The Morgan fingerprint density at radius 2 is 2.17 bits per heavy atom. The number of ether oxygens (including phenoxy) is 2. The lowest BCUT2D eigenvalue weighted by Crippen LogP contribution is -2.45. The van der Waals surface area contributed by atoms with Crippen molar-refractivity contribution in [3.8, 4) is 11.5 Å². The molecule has 0 saturated carbocycles. The first-order valence-corrected chi connectivity index (χ1v) is 7.57. The Labute approximate surface area is 132 Å². The van der Waals surface area contributed by atoms with Gasteiger partial charge in [0.15, 0.2) is 11.5 Å². The Morgan fingerprint density at radius 3 is 3.00 bits per heavy atom. The fourth-order valence-corrected chi connectivity index (χ4v) is 3.12.